The molecule has 2 rings (SSSR count). The second-order valence-corrected chi connectivity index (χ2v) is 4.86. The quantitative estimate of drug-likeness (QED) is 0.448. The number of ether oxygens (including phenoxy) is 2. The van der Waals surface area contributed by atoms with E-state index in [0.29, 0.717) is 15.1 Å². The summed E-state index contributed by atoms with van der Waals surface area (Å²) in [5, 5.41) is 10.8. The van der Waals surface area contributed by atoms with Gasteiger partial charge in [0.05, 0.1) is 20.4 Å². The minimum atomic E-state index is 0.480. The molecule has 0 aliphatic rings. The Balaban J connectivity index is 0.000000191. The molecule has 0 radical (unpaired) electrons. The van der Waals surface area contributed by atoms with Crippen LogP contribution in [0.5, 0.6) is 11.5 Å². The molecule has 0 bridgehead atoms. The zero-order chi connectivity index (χ0) is 14.3. The molecule has 0 spiro atoms. The van der Waals surface area contributed by atoms with E-state index in [-0.39, 0.29) is 0 Å². The summed E-state index contributed by atoms with van der Waals surface area (Å²) in [5.41, 5.74) is 0. The Kier molecular flexibility index (Phi) is 6.58. The monoisotopic (exact) mass is 390 g/mol. The summed E-state index contributed by atoms with van der Waals surface area (Å²) in [6.07, 6.45) is 3.01. The van der Waals surface area contributed by atoms with Gasteiger partial charge < -0.3 is 14.7 Å². The second-order valence-electron chi connectivity index (χ2n) is 3.24. The van der Waals surface area contributed by atoms with Gasteiger partial charge in [-0.1, -0.05) is 0 Å². The lowest BCUT2D eigenvalue weighted by atomic mass is 10.5. The lowest BCUT2D eigenvalue weighted by Gasteiger charge is -2.00. The highest BCUT2D eigenvalue weighted by atomic mass is 79.9. The first-order valence-corrected chi connectivity index (χ1v) is 6.73. The van der Waals surface area contributed by atoms with Crippen molar-refractivity contribution in [3.8, 4) is 11.5 Å². The summed E-state index contributed by atoms with van der Waals surface area (Å²) < 4.78 is 11.7. The molecule has 2 heterocycles. The lowest BCUT2D eigenvalue weighted by molar-refractivity contribution is -0.617. The molecule has 0 unspecified atom stereocenters. The van der Waals surface area contributed by atoms with Crippen molar-refractivity contribution in [2.75, 3.05) is 14.2 Å². The maximum Gasteiger partial charge on any atom is 0.259 e. The molecule has 0 saturated carbocycles. The fourth-order valence-electron chi connectivity index (χ4n) is 1.05. The lowest BCUT2D eigenvalue weighted by Crippen LogP contribution is -2.26. The van der Waals surface area contributed by atoms with Gasteiger partial charge in [-0.2, -0.15) is 4.73 Å². The standard InChI is InChI=1S/C6H6BrNO2.C6H6BrNO/c1-10-5-2-3-6(7)8(9)4-5;1-9-5-2-3-6(7)8-4-5/h2-4H,1H3;2-4H,1H3. The van der Waals surface area contributed by atoms with Crippen molar-refractivity contribution >= 4 is 31.9 Å². The zero-order valence-corrected chi connectivity index (χ0v) is 13.5. The molecule has 0 atom stereocenters. The van der Waals surface area contributed by atoms with E-state index in [2.05, 4.69) is 36.8 Å². The number of hydrogen-bond acceptors (Lipinski definition) is 4. The molecule has 5 nitrogen and oxygen atoms in total. The van der Waals surface area contributed by atoms with Gasteiger partial charge in [0.25, 0.3) is 4.60 Å². The van der Waals surface area contributed by atoms with Gasteiger partial charge in [0.1, 0.15) is 10.4 Å². The topological polar surface area (TPSA) is 58.3 Å². The van der Waals surface area contributed by atoms with Crippen molar-refractivity contribution in [1.82, 2.24) is 4.98 Å². The third-order valence-electron chi connectivity index (χ3n) is 2.01. The molecule has 0 amide bonds. The van der Waals surface area contributed by atoms with Crippen LogP contribution in [0.1, 0.15) is 0 Å². The van der Waals surface area contributed by atoms with Gasteiger partial charge in [-0.25, -0.2) is 4.98 Å². The summed E-state index contributed by atoms with van der Waals surface area (Å²) in [7, 11) is 3.13. The van der Waals surface area contributed by atoms with Crippen LogP contribution in [-0.4, -0.2) is 19.2 Å². The van der Waals surface area contributed by atoms with Crippen LogP contribution in [0.2, 0.25) is 0 Å². The smallest absolute Gasteiger partial charge is 0.259 e. The molecule has 0 aliphatic heterocycles. The fourth-order valence-corrected chi connectivity index (χ4v) is 1.52. The summed E-state index contributed by atoms with van der Waals surface area (Å²) in [5.74, 6) is 1.33. The number of rotatable bonds is 2. The molecule has 7 heteroatoms. The predicted molar refractivity (Wildman–Crippen MR) is 78.1 cm³/mol. The normalized spacial score (nSPS) is 9.26. The largest absolute Gasteiger partial charge is 0.618 e. The van der Waals surface area contributed by atoms with E-state index in [1.54, 1.807) is 25.4 Å². The van der Waals surface area contributed by atoms with Crippen molar-refractivity contribution in [3.05, 3.63) is 51.1 Å². The first-order chi connectivity index (χ1) is 9.06. The van der Waals surface area contributed by atoms with Crippen LogP contribution < -0.4 is 14.2 Å². The number of nitrogens with zero attached hydrogens (tertiary/aromatic N) is 2. The SMILES string of the molecule is COc1ccc(Br)[n+]([O-])c1.COc1ccc(Br)nc1. The number of halogens is 2. The molecule has 0 fully saturated rings. The molecule has 0 aliphatic carbocycles. The first kappa shape index (κ1) is 15.7. The Bertz CT molecular complexity index is 521. The summed E-state index contributed by atoms with van der Waals surface area (Å²) in [4.78, 5) is 3.94. The van der Waals surface area contributed by atoms with Crippen LogP contribution in [0.15, 0.2) is 45.9 Å². The van der Waals surface area contributed by atoms with E-state index in [4.69, 9.17) is 9.47 Å². The van der Waals surface area contributed by atoms with Crippen molar-refractivity contribution in [2.24, 2.45) is 0 Å². The maximum atomic E-state index is 10.8. The van der Waals surface area contributed by atoms with Crippen LogP contribution >= 0.6 is 31.9 Å². The Labute approximate surface area is 128 Å². The Hall–Kier alpha value is -1.34. The van der Waals surface area contributed by atoms with Gasteiger partial charge in [-0.05, 0) is 34.1 Å². The number of methoxy groups -OCH3 is 2. The Morgan fingerprint density at radius 2 is 1.68 bits per heavy atom. The zero-order valence-electron chi connectivity index (χ0n) is 10.3. The molecule has 2 aromatic heterocycles. The molecular formula is C12H12Br2N2O3. The van der Waals surface area contributed by atoms with E-state index in [1.807, 2.05) is 12.1 Å². The average Bonchev–Trinajstić information content (AvgIpc) is 2.43. The van der Waals surface area contributed by atoms with Crippen LogP contribution in [0.4, 0.5) is 0 Å². The van der Waals surface area contributed by atoms with Crippen molar-refractivity contribution in [2.45, 2.75) is 0 Å². The third-order valence-corrected chi connectivity index (χ3v) is 3.09. The van der Waals surface area contributed by atoms with Crippen molar-refractivity contribution in [1.29, 1.82) is 0 Å². The third kappa shape index (κ3) is 5.44. The van der Waals surface area contributed by atoms with Crippen LogP contribution in [-0.2, 0) is 0 Å². The minimum Gasteiger partial charge on any atom is -0.618 e. The van der Waals surface area contributed by atoms with Gasteiger partial charge >= 0.3 is 0 Å². The minimum absolute atomic E-state index is 0.480. The van der Waals surface area contributed by atoms with Gasteiger partial charge in [0.2, 0.25) is 6.20 Å². The maximum absolute atomic E-state index is 10.8. The molecule has 102 valence electrons. The van der Waals surface area contributed by atoms with Gasteiger partial charge in [-0.15, -0.1) is 0 Å². The highest BCUT2D eigenvalue weighted by Crippen LogP contribution is 2.11. The van der Waals surface area contributed by atoms with E-state index >= 15 is 0 Å². The van der Waals surface area contributed by atoms with Crippen LogP contribution in [0.25, 0.3) is 0 Å². The molecule has 0 N–H and O–H groups in total. The van der Waals surface area contributed by atoms with Crippen LogP contribution in [0, 0.1) is 5.21 Å². The molecule has 19 heavy (non-hydrogen) atoms. The Morgan fingerprint density at radius 3 is 2.16 bits per heavy atom. The highest BCUT2D eigenvalue weighted by Gasteiger charge is 2.00. The molecule has 0 aromatic carbocycles. The van der Waals surface area contributed by atoms with E-state index in [1.165, 1.54) is 13.3 Å². The summed E-state index contributed by atoms with van der Waals surface area (Å²) in [6, 6.07) is 7.01. The number of hydrogen-bond donors (Lipinski definition) is 0. The highest BCUT2D eigenvalue weighted by molar-refractivity contribution is 9.10. The number of pyridine rings is 2. The van der Waals surface area contributed by atoms with E-state index < -0.39 is 0 Å². The van der Waals surface area contributed by atoms with Crippen molar-refractivity contribution < 1.29 is 14.2 Å². The van der Waals surface area contributed by atoms with Crippen molar-refractivity contribution in [3.63, 3.8) is 0 Å². The molecule has 2 aromatic rings. The van der Waals surface area contributed by atoms with Gasteiger partial charge in [0, 0.05) is 22.0 Å². The average molecular weight is 392 g/mol. The summed E-state index contributed by atoms with van der Waals surface area (Å²) in [6.45, 7) is 0. The van der Waals surface area contributed by atoms with Gasteiger partial charge in [-0.3, -0.25) is 0 Å². The van der Waals surface area contributed by atoms with Gasteiger partial charge in [0.15, 0.2) is 5.75 Å². The van der Waals surface area contributed by atoms with Crippen LogP contribution in [0.3, 0.4) is 0 Å². The predicted octanol–water partition coefficient (Wildman–Crippen LogP) is 2.94. The van der Waals surface area contributed by atoms with E-state index in [0.717, 1.165) is 10.4 Å². The second kappa shape index (κ2) is 7.96. The first-order valence-electron chi connectivity index (χ1n) is 5.15. The fraction of sp³-hybridized carbons (Fsp3) is 0.167. The Morgan fingerprint density at radius 1 is 1.05 bits per heavy atom. The molecular weight excluding hydrogens is 380 g/mol. The summed E-state index contributed by atoms with van der Waals surface area (Å²) >= 11 is 6.26. The number of aromatic nitrogens is 2. The molecule has 0 saturated heterocycles. The van der Waals surface area contributed by atoms with E-state index in [9.17, 15) is 5.21 Å².